The second kappa shape index (κ2) is 28.9. The van der Waals surface area contributed by atoms with Crippen LogP contribution in [0.2, 0.25) is 0 Å². The van der Waals surface area contributed by atoms with E-state index in [1.165, 1.54) is 44.6 Å². The van der Waals surface area contributed by atoms with E-state index in [2.05, 4.69) is 37.5 Å². The molecule has 0 fully saturated rings. The lowest BCUT2D eigenvalue weighted by Crippen LogP contribution is -2.14. The van der Waals surface area contributed by atoms with Crippen molar-refractivity contribution in [3.8, 4) is 5.75 Å². The summed E-state index contributed by atoms with van der Waals surface area (Å²) in [5.41, 5.74) is 3.64. The molecule has 13 nitrogen and oxygen atoms in total. The molecule has 3 heterocycles. The molecule has 0 aliphatic heterocycles. The maximum atomic E-state index is 14.0. The van der Waals surface area contributed by atoms with Gasteiger partial charge in [-0.25, -0.2) is 39.5 Å². The quantitative estimate of drug-likeness (QED) is 0.0436. The maximum absolute atomic E-state index is 14.0. The number of benzene rings is 8. The zero-order chi connectivity index (χ0) is 61.8. The van der Waals surface area contributed by atoms with Gasteiger partial charge in [-0.15, -0.1) is 11.6 Å². The normalized spacial score (nSPS) is 10.9. The van der Waals surface area contributed by atoms with Crippen molar-refractivity contribution in [1.29, 1.82) is 0 Å². The van der Waals surface area contributed by atoms with Crippen LogP contribution >= 0.6 is 34.2 Å². The number of fused-ring (bicyclic) bond motifs is 3. The molecule has 86 heavy (non-hydrogen) atoms. The molecule has 25 heteroatoms. The van der Waals surface area contributed by atoms with Gasteiger partial charge < -0.3 is 33.6 Å². The van der Waals surface area contributed by atoms with Crippen molar-refractivity contribution in [2.45, 2.75) is 45.1 Å². The molecule has 0 aliphatic carbocycles. The first kappa shape index (κ1) is 63.3. The highest BCUT2D eigenvalue weighted by Crippen LogP contribution is 2.24. The Labute approximate surface area is 500 Å². The zero-order valence-corrected chi connectivity index (χ0v) is 47.3. The van der Waals surface area contributed by atoms with E-state index < -0.39 is 69.0 Å². The SMILES string of the molecule is O=c1ncn(Cc2c(F)cc(F)cc2F)c2ccc(Cc3ccc(CO)cc3)cc12.O=c1ncn(Cc2c(F)cc(F)cc2F)c2ccc(I)cc12.O=c1ncn(Cc2c(F)cc(F)cc2F)c2ccc(O[B]O)cc12.OCc1ccc(CCl)cc1. The third-order valence-corrected chi connectivity index (χ3v) is 14.0. The highest BCUT2D eigenvalue weighted by atomic mass is 127. The van der Waals surface area contributed by atoms with Crippen LogP contribution < -0.4 is 21.3 Å². The minimum atomic E-state index is -1.03. The lowest BCUT2D eigenvalue weighted by atomic mass is 10.0. The van der Waals surface area contributed by atoms with Crippen LogP contribution in [0.1, 0.15) is 44.5 Å². The van der Waals surface area contributed by atoms with Crippen LogP contribution in [0.4, 0.5) is 39.5 Å². The van der Waals surface area contributed by atoms with Gasteiger partial charge in [0.1, 0.15) is 58.1 Å². The fourth-order valence-corrected chi connectivity index (χ4v) is 9.34. The summed E-state index contributed by atoms with van der Waals surface area (Å²) in [7, 11) is 0.458. The predicted octanol–water partition coefficient (Wildman–Crippen LogP) is 11.1. The van der Waals surface area contributed by atoms with Gasteiger partial charge in [-0.3, -0.25) is 14.4 Å². The molecule has 0 saturated heterocycles. The molecule has 0 spiro atoms. The van der Waals surface area contributed by atoms with E-state index in [0.717, 1.165) is 37.7 Å². The number of aromatic nitrogens is 6. The lowest BCUT2D eigenvalue weighted by Gasteiger charge is -2.13. The summed E-state index contributed by atoms with van der Waals surface area (Å²) >= 11 is 7.62. The molecule has 0 unspecified atom stereocenters. The lowest BCUT2D eigenvalue weighted by molar-refractivity contribution is 0.281. The number of rotatable bonds is 13. The number of hydrogen-bond acceptors (Lipinski definition) is 10. The first-order chi connectivity index (χ1) is 41.2. The summed E-state index contributed by atoms with van der Waals surface area (Å²) in [5, 5.41) is 27.3. The van der Waals surface area contributed by atoms with E-state index in [-0.39, 0.29) is 60.7 Å². The number of nitrogens with zero attached hydrogens (tertiary/aromatic N) is 6. The van der Waals surface area contributed by atoms with Crippen LogP contribution in [0.15, 0.2) is 173 Å². The Morgan fingerprint density at radius 2 is 0.779 bits per heavy atom. The van der Waals surface area contributed by atoms with Gasteiger partial charge in [-0.2, -0.15) is 15.0 Å². The number of aliphatic hydroxyl groups is 2. The van der Waals surface area contributed by atoms with E-state index in [1.807, 2.05) is 54.6 Å². The first-order valence-electron chi connectivity index (χ1n) is 25.3. The van der Waals surface area contributed by atoms with Gasteiger partial charge in [0.05, 0.1) is 84.5 Å². The van der Waals surface area contributed by atoms with Gasteiger partial charge >= 0.3 is 7.69 Å². The maximum Gasteiger partial charge on any atom is 0.569 e. The molecule has 3 aromatic heterocycles. The molecule has 1 radical (unpaired) electrons. The largest absolute Gasteiger partial charge is 0.569 e. The molecule has 11 rings (SSSR count). The minimum Gasteiger partial charge on any atom is -0.537 e. The highest BCUT2D eigenvalue weighted by Gasteiger charge is 2.18. The van der Waals surface area contributed by atoms with Crippen molar-refractivity contribution in [1.82, 2.24) is 28.7 Å². The van der Waals surface area contributed by atoms with Crippen molar-refractivity contribution in [3.05, 3.63) is 290 Å². The summed E-state index contributed by atoms with van der Waals surface area (Å²) in [6, 6.07) is 33.3. The van der Waals surface area contributed by atoms with Crippen LogP contribution in [-0.4, -0.2) is 51.6 Å². The summed E-state index contributed by atoms with van der Waals surface area (Å²) in [5.74, 6) is -8.27. The summed E-state index contributed by atoms with van der Waals surface area (Å²) in [6.45, 7) is -0.640. The van der Waals surface area contributed by atoms with Crippen molar-refractivity contribution in [2.75, 3.05) is 0 Å². The van der Waals surface area contributed by atoms with Crippen LogP contribution in [-0.2, 0) is 45.1 Å². The van der Waals surface area contributed by atoms with Crippen molar-refractivity contribution in [2.24, 2.45) is 0 Å². The van der Waals surface area contributed by atoms with E-state index in [4.69, 9.17) is 31.5 Å². The molecule has 8 aromatic carbocycles. The average molecular weight is 1320 g/mol. The third-order valence-electron chi connectivity index (χ3n) is 13.0. The fourth-order valence-electron chi connectivity index (χ4n) is 8.67. The van der Waals surface area contributed by atoms with Gasteiger partial charge in [0.25, 0.3) is 16.7 Å². The molecule has 0 saturated carbocycles. The van der Waals surface area contributed by atoms with Crippen molar-refractivity contribution < 1.29 is 59.4 Å². The number of halogens is 11. The number of hydrogen-bond donors (Lipinski definition) is 3. The number of alkyl halides is 1. The smallest absolute Gasteiger partial charge is 0.537 e. The summed E-state index contributed by atoms with van der Waals surface area (Å²) < 4.78 is 132. The van der Waals surface area contributed by atoms with E-state index in [9.17, 15) is 53.9 Å². The molecule has 11 aromatic rings. The van der Waals surface area contributed by atoms with E-state index in [0.29, 0.717) is 83.7 Å². The molecule has 0 atom stereocenters. The molecule has 0 aliphatic rings. The van der Waals surface area contributed by atoms with Crippen LogP contribution in [0, 0.1) is 55.9 Å². The van der Waals surface area contributed by atoms with Crippen LogP contribution in [0.5, 0.6) is 5.75 Å². The van der Waals surface area contributed by atoms with Crippen molar-refractivity contribution in [3.63, 3.8) is 0 Å². The molecular weight excluding hydrogens is 1270 g/mol. The highest BCUT2D eigenvalue weighted by molar-refractivity contribution is 14.1. The van der Waals surface area contributed by atoms with Gasteiger partial charge in [0.2, 0.25) is 0 Å². The Hall–Kier alpha value is -8.69. The Kier molecular flexibility index (Phi) is 21.3. The third kappa shape index (κ3) is 15.8. The van der Waals surface area contributed by atoms with Crippen LogP contribution in [0.25, 0.3) is 32.7 Å². The average Bonchev–Trinajstić information content (AvgIpc) is 3.06. The minimum absolute atomic E-state index is 0.0310. The number of aliphatic hydroxyl groups excluding tert-OH is 2. The van der Waals surface area contributed by atoms with Crippen LogP contribution in [0.3, 0.4) is 0 Å². The Balaban J connectivity index is 0.000000157. The first-order valence-corrected chi connectivity index (χ1v) is 27.0. The topological polar surface area (TPSA) is 175 Å². The van der Waals surface area contributed by atoms with Gasteiger partial charge in [-0.1, -0.05) is 54.6 Å². The monoisotopic (exact) mass is 1320 g/mol. The molecule has 3 N–H and O–H groups in total. The molecule has 0 bridgehead atoms. The Morgan fingerprint density at radius 1 is 0.442 bits per heavy atom. The second-order valence-electron chi connectivity index (χ2n) is 18.8. The molecular formula is C61H43BClF9IN6O7. The predicted molar refractivity (Wildman–Crippen MR) is 313 cm³/mol. The Bertz CT molecular complexity index is 4360. The second-order valence-corrected chi connectivity index (χ2v) is 20.3. The molecule has 0 amide bonds. The van der Waals surface area contributed by atoms with Gasteiger partial charge in [0, 0.05) is 62.5 Å². The fraction of sp³-hybridized carbons (Fsp3) is 0.115. The zero-order valence-electron chi connectivity index (χ0n) is 44.4. The van der Waals surface area contributed by atoms with Gasteiger partial charge in [0.15, 0.2) is 0 Å². The van der Waals surface area contributed by atoms with E-state index in [1.54, 1.807) is 30.3 Å². The summed E-state index contributed by atoms with van der Waals surface area (Å²) in [6.07, 6.45) is 4.16. The standard InChI is InChI=1S/C23H17F3N2O2.C15H9BF3N2O3.C15H8F3IN2O.C8H9ClO/c24-17-9-20(25)19(21(26)10-17)11-28-13-27-23(30)18-8-16(5-6-22(18)28)7-14-1-3-15(12-29)4-2-14;17-8-3-12(18)11(13(19)4-8)6-21-7-20-15(22)10-5-9(24-16-23)1-2-14(10)21;16-8-3-12(17)11(13(18)4-8)6-21-7-20-15(22)10-5-9(19)1-2-14(10)21;9-5-7-1-3-8(6-10)4-2-7/h1-6,8-10,13,29H,7,11-12H2;1-5,7,23H,6H2;1-5,7H,6H2;1-4,10H,5-6H2. The van der Waals surface area contributed by atoms with E-state index >= 15 is 0 Å². The summed E-state index contributed by atoms with van der Waals surface area (Å²) in [4.78, 5) is 47.1. The van der Waals surface area contributed by atoms with Crippen molar-refractivity contribution >= 4 is 74.6 Å². The Morgan fingerprint density at radius 3 is 1.16 bits per heavy atom. The molecule has 439 valence electrons. The van der Waals surface area contributed by atoms with Gasteiger partial charge in [-0.05, 0) is 105 Å².